The summed E-state index contributed by atoms with van der Waals surface area (Å²) in [5.74, 6) is -1.66. The first-order chi connectivity index (χ1) is 6.89. The van der Waals surface area contributed by atoms with Gasteiger partial charge in [0.05, 0.1) is 10.9 Å². The SMILES string of the molecule is FC(F)(F)[C@H]1CC1c1cnc(I)c(Cl)c1. The van der Waals surface area contributed by atoms with E-state index in [1.165, 1.54) is 6.20 Å². The Bertz CT molecular complexity index is 393. The van der Waals surface area contributed by atoms with Crippen molar-refractivity contribution >= 4 is 34.2 Å². The third-order valence-corrected chi connectivity index (χ3v) is 3.92. The monoisotopic (exact) mass is 347 g/mol. The second kappa shape index (κ2) is 3.76. The summed E-state index contributed by atoms with van der Waals surface area (Å²) in [5, 5.41) is 0.418. The number of rotatable bonds is 1. The molecule has 6 heteroatoms. The van der Waals surface area contributed by atoms with E-state index in [4.69, 9.17) is 11.6 Å². The van der Waals surface area contributed by atoms with Gasteiger partial charge in [-0.3, -0.25) is 0 Å². The van der Waals surface area contributed by atoms with E-state index in [1.54, 1.807) is 6.07 Å². The first-order valence-electron chi connectivity index (χ1n) is 4.27. The summed E-state index contributed by atoms with van der Waals surface area (Å²) in [6.45, 7) is 0. The van der Waals surface area contributed by atoms with Crippen LogP contribution in [0.5, 0.6) is 0 Å². The van der Waals surface area contributed by atoms with Crippen LogP contribution in [0.25, 0.3) is 0 Å². The van der Waals surface area contributed by atoms with Gasteiger partial charge in [-0.05, 0) is 46.6 Å². The van der Waals surface area contributed by atoms with E-state index in [2.05, 4.69) is 4.98 Å². The molecule has 15 heavy (non-hydrogen) atoms. The highest BCUT2D eigenvalue weighted by atomic mass is 127. The molecule has 1 fully saturated rings. The smallest absolute Gasteiger partial charge is 0.248 e. The van der Waals surface area contributed by atoms with Crippen molar-refractivity contribution in [1.82, 2.24) is 4.98 Å². The highest BCUT2D eigenvalue weighted by Gasteiger charge is 2.56. The summed E-state index contributed by atoms with van der Waals surface area (Å²) in [5.41, 5.74) is 0.586. The van der Waals surface area contributed by atoms with Gasteiger partial charge >= 0.3 is 6.18 Å². The highest BCUT2D eigenvalue weighted by Crippen LogP contribution is 2.56. The van der Waals surface area contributed by atoms with Crippen LogP contribution in [0, 0.1) is 9.62 Å². The van der Waals surface area contributed by atoms with Crippen LogP contribution < -0.4 is 0 Å². The van der Waals surface area contributed by atoms with Gasteiger partial charge in [-0.1, -0.05) is 11.6 Å². The number of pyridine rings is 1. The minimum atomic E-state index is -4.10. The van der Waals surface area contributed by atoms with Crippen molar-refractivity contribution < 1.29 is 13.2 Å². The molecule has 1 saturated carbocycles. The second-order valence-corrected chi connectivity index (χ2v) is 4.96. The number of hydrogen-bond donors (Lipinski definition) is 0. The van der Waals surface area contributed by atoms with Crippen LogP contribution in [0.2, 0.25) is 5.02 Å². The molecule has 0 amide bonds. The Morgan fingerprint density at radius 3 is 2.60 bits per heavy atom. The van der Waals surface area contributed by atoms with Crippen molar-refractivity contribution in [3.8, 4) is 0 Å². The molecule has 1 heterocycles. The number of halogens is 5. The molecule has 0 saturated heterocycles. The van der Waals surface area contributed by atoms with Gasteiger partial charge in [0.1, 0.15) is 3.70 Å². The summed E-state index contributed by atoms with van der Waals surface area (Å²) < 4.78 is 37.5. The maximum Gasteiger partial charge on any atom is 0.392 e. The molecule has 2 atom stereocenters. The van der Waals surface area contributed by atoms with E-state index >= 15 is 0 Å². The number of nitrogens with zero attached hydrogens (tertiary/aromatic N) is 1. The van der Waals surface area contributed by atoms with Gasteiger partial charge < -0.3 is 0 Å². The van der Waals surface area contributed by atoms with E-state index in [0.717, 1.165) is 0 Å². The Kier molecular flexibility index (Phi) is 2.87. The van der Waals surface area contributed by atoms with Crippen LogP contribution in [0.4, 0.5) is 13.2 Å². The fourth-order valence-corrected chi connectivity index (χ4v) is 2.03. The molecule has 2 rings (SSSR count). The zero-order valence-corrected chi connectivity index (χ0v) is 10.3. The molecule has 1 aromatic heterocycles. The zero-order valence-electron chi connectivity index (χ0n) is 7.35. The van der Waals surface area contributed by atoms with Gasteiger partial charge in [0.15, 0.2) is 0 Å². The first-order valence-corrected chi connectivity index (χ1v) is 5.73. The molecule has 1 aromatic rings. The summed E-state index contributed by atoms with van der Waals surface area (Å²) in [6.07, 6.45) is -2.47. The number of aromatic nitrogens is 1. The van der Waals surface area contributed by atoms with Gasteiger partial charge in [-0.15, -0.1) is 0 Å². The van der Waals surface area contributed by atoms with E-state index in [-0.39, 0.29) is 6.42 Å². The minimum absolute atomic E-state index is 0.155. The maximum atomic E-state index is 12.3. The van der Waals surface area contributed by atoms with E-state index in [9.17, 15) is 13.2 Å². The summed E-state index contributed by atoms with van der Waals surface area (Å²) in [6, 6.07) is 1.58. The van der Waals surface area contributed by atoms with Gasteiger partial charge in [0.25, 0.3) is 0 Å². The maximum absolute atomic E-state index is 12.3. The van der Waals surface area contributed by atoms with Gasteiger partial charge in [0, 0.05) is 6.20 Å². The molecule has 0 radical (unpaired) electrons. The van der Waals surface area contributed by atoms with Crippen molar-refractivity contribution in [2.45, 2.75) is 18.5 Å². The Morgan fingerprint density at radius 2 is 2.13 bits per heavy atom. The highest BCUT2D eigenvalue weighted by molar-refractivity contribution is 14.1. The molecule has 1 aliphatic carbocycles. The zero-order chi connectivity index (χ0) is 11.2. The Morgan fingerprint density at radius 1 is 1.47 bits per heavy atom. The molecule has 0 N–H and O–H groups in total. The van der Waals surface area contributed by atoms with Crippen LogP contribution >= 0.6 is 34.2 Å². The van der Waals surface area contributed by atoms with E-state index < -0.39 is 18.0 Å². The summed E-state index contributed by atoms with van der Waals surface area (Å²) in [7, 11) is 0. The Balaban J connectivity index is 2.17. The Labute approximate surface area is 103 Å². The lowest BCUT2D eigenvalue weighted by molar-refractivity contribution is -0.148. The average Bonchev–Trinajstić information content (AvgIpc) is 2.87. The van der Waals surface area contributed by atoms with Gasteiger partial charge in [-0.2, -0.15) is 13.2 Å². The molecule has 0 aliphatic heterocycles. The van der Waals surface area contributed by atoms with Crippen molar-refractivity contribution in [1.29, 1.82) is 0 Å². The molecular weight excluding hydrogens is 341 g/mol. The topological polar surface area (TPSA) is 12.9 Å². The van der Waals surface area contributed by atoms with E-state index in [0.29, 0.717) is 14.3 Å². The van der Waals surface area contributed by atoms with E-state index in [1.807, 2.05) is 22.6 Å². The van der Waals surface area contributed by atoms with Crippen LogP contribution in [0.15, 0.2) is 12.3 Å². The van der Waals surface area contributed by atoms with Gasteiger partial charge in [-0.25, -0.2) is 4.98 Å². The lowest BCUT2D eigenvalue weighted by atomic mass is 10.1. The molecule has 1 aliphatic rings. The largest absolute Gasteiger partial charge is 0.392 e. The molecule has 1 nitrogen and oxygen atoms in total. The minimum Gasteiger partial charge on any atom is -0.248 e. The Hall–Kier alpha value is -0.0400. The molecular formula is C9H6ClF3IN. The van der Waals surface area contributed by atoms with Crippen LogP contribution in [0.1, 0.15) is 17.9 Å². The lowest BCUT2D eigenvalue weighted by Gasteiger charge is -2.05. The van der Waals surface area contributed by atoms with Crippen molar-refractivity contribution in [3.63, 3.8) is 0 Å². The van der Waals surface area contributed by atoms with Crippen molar-refractivity contribution in [2.75, 3.05) is 0 Å². The second-order valence-electron chi connectivity index (χ2n) is 3.53. The third kappa shape index (κ3) is 2.38. The third-order valence-electron chi connectivity index (χ3n) is 2.46. The number of alkyl halides is 3. The standard InChI is InChI=1S/C9H6ClF3IN/c10-7-1-4(3-15-8(7)14)5-2-6(5)9(11,12)13/h1,3,5-6H,2H2/t5?,6-/m0/s1. The molecule has 0 spiro atoms. The quantitative estimate of drug-likeness (QED) is 0.553. The lowest BCUT2D eigenvalue weighted by Crippen LogP contribution is -2.11. The van der Waals surface area contributed by atoms with Gasteiger partial charge in [0.2, 0.25) is 0 Å². The summed E-state index contributed by atoms with van der Waals surface area (Å²) >= 11 is 7.74. The predicted molar refractivity (Wildman–Crippen MR) is 58.9 cm³/mol. The molecule has 82 valence electrons. The first kappa shape index (κ1) is 11.4. The van der Waals surface area contributed by atoms with Crippen molar-refractivity contribution in [3.05, 3.63) is 26.5 Å². The molecule has 1 unspecified atom stereocenters. The summed E-state index contributed by atoms with van der Waals surface area (Å²) in [4.78, 5) is 3.94. The van der Waals surface area contributed by atoms with Crippen molar-refractivity contribution in [2.24, 2.45) is 5.92 Å². The predicted octanol–water partition coefficient (Wildman–Crippen LogP) is 4.01. The fourth-order valence-electron chi connectivity index (χ4n) is 1.56. The van der Waals surface area contributed by atoms with Crippen LogP contribution in [-0.2, 0) is 0 Å². The molecule has 0 aromatic carbocycles. The van der Waals surface area contributed by atoms with Crippen LogP contribution in [-0.4, -0.2) is 11.2 Å². The normalized spacial score (nSPS) is 25.4. The molecule has 0 bridgehead atoms. The fraction of sp³-hybridized carbons (Fsp3) is 0.444. The van der Waals surface area contributed by atoms with Crippen LogP contribution in [0.3, 0.4) is 0 Å². The average molecular weight is 348 g/mol. The number of hydrogen-bond acceptors (Lipinski definition) is 1.